The van der Waals surface area contributed by atoms with E-state index in [1.807, 2.05) is 115 Å². The van der Waals surface area contributed by atoms with E-state index in [1.165, 1.54) is 5.01 Å². The van der Waals surface area contributed by atoms with Crippen LogP contribution in [0.15, 0.2) is 127 Å². The number of nitrogens with zero attached hydrogens (tertiary/aromatic N) is 4. The van der Waals surface area contributed by atoms with Gasteiger partial charge in [-0.2, -0.15) is 5.01 Å². The van der Waals surface area contributed by atoms with Crippen LogP contribution in [0.4, 0.5) is 15.3 Å². The molecule has 0 radical (unpaired) electrons. The van der Waals surface area contributed by atoms with Gasteiger partial charge in [0.2, 0.25) is 11.8 Å². The Hall–Kier alpha value is -6.64. The minimum absolute atomic E-state index is 0.0670. The third-order valence-corrected chi connectivity index (χ3v) is 9.72. The maximum Gasteiger partial charge on any atom is 0.411 e. The fourth-order valence-electron chi connectivity index (χ4n) is 7.08. The van der Waals surface area contributed by atoms with Crippen molar-refractivity contribution >= 4 is 40.4 Å². The van der Waals surface area contributed by atoms with E-state index in [4.69, 9.17) is 11.2 Å². The molecule has 0 spiro atoms. The second-order valence-corrected chi connectivity index (χ2v) is 13.2. The van der Waals surface area contributed by atoms with E-state index < -0.39 is 24.3 Å². The Labute approximate surface area is 314 Å². The predicted molar refractivity (Wildman–Crippen MR) is 205 cm³/mol. The molecule has 5 aromatic rings. The lowest BCUT2D eigenvalue weighted by atomic mass is 9.98. The number of benzene rings is 5. The van der Waals surface area contributed by atoms with Gasteiger partial charge in [0.05, 0.1) is 19.6 Å². The lowest BCUT2D eigenvalue weighted by Gasteiger charge is -2.46. The second kappa shape index (κ2) is 16.4. The SMILES string of the molecule is C#CCN(C(=O)NCc1ccccc1)N1CC(=O)N2[C@@H](Cc3ccc(NC(=O)OCc4ccccc4)cc3)C(=O)N(Cc3cccc4ccccc34)C[C@@H]21. The van der Waals surface area contributed by atoms with Crippen molar-refractivity contribution < 1.29 is 23.9 Å². The Morgan fingerprint density at radius 3 is 2.24 bits per heavy atom. The molecule has 2 aliphatic heterocycles. The molecule has 2 aliphatic rings. The molecule has 2 saturated heterocycles. The van der Waals surface area contributed by atoms with Gasteiger partial charge in [0.1, 0.15) is 18.8 Å². The average Bonchev–Trinajstić information content (AvgIpc) is 3.53. The van der Waals surface area contributed by atoms with Crippen LogP contribution >= 0.6 is 0 Å². The summed E-state index contributed by atoms with van der Waals surface area (Å²) in [6, 6.07) is 38.8. The van der Waals surface area contributed by atoms with Gasteiger partial charge in [-0.15, -0.1) is 6.42 Å². The number of hydrogen-bond donors (Lipinski definition) is 2. The van der Waals surface area contributed by atoms with E-state index in [-0.39, 0.29) is 51.0 Å². The van der Waals surface area contributed by atoms with Gasteiger partial charge in [-0.25, -0.2) is 14.6 Å². The molecule has 2 fully saturated rings. The summed E-state index contributed by atoms with van der Waals surface area (Å²) < 4.78 is 5.35. The molecular weight excluding hydrogens is 681 g/mol. The Morgan fingerprint density at radius 1 is 0.815 bits per heavy atom. The number of carbonyl (C=O) groups is 4. The molecular formula is C43H40N6O5. The van der Waals surface area contributed by atoms with Gasteiger partial charge in [0, 0.05) is 25.2 Å². The molecule has 2 N–H and O–H groups in total. The fourth-order valence-corrected chi connectivity index (χ4v) is 7.08. The Kier molecular flexibility index (Phi) is 10.8. The number of hydrogen-bond acceptors (Lipinski definition) is 6. The molecule has 0 unspecified atom stereocenters. The van der Waals surface area contributed by atoms with Gasteiger partial charge in [-0.1, -0.05) is 121 Å². The van der Waals surface area contributed by atoms with Gasteiger partial charge >= 0.3 is 12.1 Å². The number of piperazine rings is 1. The van der Waals surface area contributed by atoms with Gasteiger partial charge < -0.3 is 19.9 Å². The lowest BCUT2D eigenvalue weighted by molar-refractivity contribution is -0.157. The van der Waals surface area contributed by atoms with E-state index in [1.54, 1.807) is 26.9 Å². The summed E-state index contributed by atoms with van der Waals surface area (Å²) in [5.74, 6) is 2.10. The van der Waals surface area contributed by atoms with Crippen molar-refractivity contribution in [2.45, 2.75) is 38.3 Å². The molecule has 5 aromatic carbocycles. The molecule has 11 nitrogen and oxygen atoms in total. The van der Waals surface area contributed by atoms with Crippen LogP contribution in [0.3, 0.4) is 0 Å². The Bertz CT molecular complexity index is 2170. The minimum atomic E-state index is -0.856. The van der Waals surface area contributed by atoms with Crippen molar-refractivity contribution in [1.29, 1.82) is 0 Å². The van der Waals surface area contributed by atoms with Crippen LogP contribution in [-0.2, 0) is 40.4 Å². The molecule has 7 rings (SSSR count). The summed E-state index contributed by atoms with van der Waals surface area (Å²) in [5, 5.41) is 10.8. The second-order valence-electron chi connectivity index (χ2n) is 13.2. The topological polar surface area (TPSA) is 115 Å². The van der Waals surface area contributed by atoms with Crippen LogP contribution in [-0.4, -0.2) is 75.6 Å². The zero-order chi connectivity index (χ0) is 37.4. The highest BCUT2D eigenvalue weighted by Gasteiger charge is 2.52. The maximum atomic E-state index is 14.5. The fraction of sp³-hybridized carbons (Fsp3) is 0.209. The standard InChI is InChI=1S/C43H40N6O5/c1-2-24-47(42(52)44-26-32-12-5-3-6-13-32)48-29-40(50)49-38(25-31-20-22-36(23-21-31)45-43(53)54-30-33-14-7-4-8-15-33)41(51)46(28-39(48)49)27-35-18-11-17-34-16-9-10-19-37(34)35/h1,3-23,38-39H,24-30H2,(H,44,52)(H,45,53)/t38-,39+/m0/s1. The number of amides is 5. The number of ether oxygens (including phenoxy) is 1. The first-order valence-electron chi connectivity index (χ1n) is 17.8. The molecule has 0 aliphatic carbocycles. The molecule has 0 saturated carbocycles. The van der Waals surface area contributed by atoms with E-state index in [2.05, 4.69) is 16.6 Å². The van der Waals surface area contributed by atoms with Gasteiger partial charge in [-0.3, -0.25) is 14.9 Å². The number of carbonyl (C=O) groups excluding carboxylic acids is 4. The first-order chi connectivity index (χ1) is 26.4. The van der Waals surface area contributed by atoms with E-state index in [0.29, 0.717) is 12.2 Å². The summed E-state index contributed by atoms with van der Waals surface area (Å²) in [4.78, 5) is 57.9. The molecule has 2 heterocycles. The molecule has 0 bridgehead atoms. The van der Waals surface area contributed by atoms with Crippen LogP contribution in [0, 0.1) is 12.3 Å². The highest BCUT2D eigenvalue weighted by molar-refractivity contribution is 5.92. The van der Waals surface area contributed by atoms with Crippen molar-refractivity contribution in [3.8, 4) is 12.3 Å². The predicted octanol–water partition coefficient (Wildman–Crippen LogP) is 5.77. The Morgan fingerprint density at radius 2 is 1.50 bits per heavy atom. The van der Waals surface area contributed by atoms with Crippen LogP contribution in [0.1, 0.15) is 22.3 Å². The van der Waals surface area contributed by atoms with Crippen molar-refractivity contribution in [3.63, 3.8) is 0 Å². The molecule has 0 aromatic heterocycles. The molecule has 5 amide bonds. The number of nitrogens with one attached hydrogen (secondary N) is 2. The van der Waals surface area contributed by atoms with Crippen molar-refractivity contribution in [3.05, 3.63) is 150 Å². The summed E-state index contributed by atoms with van der Waals surface area (Å²) in [6.07, 6.45) is 4.75. The van der Waals surface area contributed by atoms with Crippen molar-refractivity contribution in [2.24, 2.45) is 0 Å². The van der Waals surface area contributed by atoms with E-state index in [9.17, 15) is 19.2 Å². The monoisotopic (exact) mass is 720 g/mol. The number of terminal acetylenes is 1. The number of urea groups is 1. The molecule has 11 heteroatoms. The quantitative estimate of drug-likeness (QED) is 0.168. The van der Waals surface area contributed by atoms with Crippen LogP contribution in [0.25, 0.3) is 10.8 Å². The number of fused-ring (bicyclic) bond motifs is 2. The van der Waals surface area contributed by atoms with Crippen LogP contribution in [0.2, 0.25) is 0 Å². The summed E-state index contributed by atoms with van der Waals surface area (Å²) in [5.41, 5.74) is 4.07. The average molecular weight is 721 g/mol. The highest BCUT2D eigenvalue weighted by atomic mass is 16.5. The Balaban J connectivity index is 1.12. The molecule has 272 valence electrons. The largest absolute Gasteiger partial charge is 0.444 e. The molecule has 54 heavy (non-hydrogen) atoms. The zero-order valence-corrected chi connectivity index (χ0v) is 29.6. The van der Waals surface area contributed by atoms with Gasteiger partial charge in [-0.05, 0) is 45.2 Å². The summed E-state index contributed by atoms with van der Waals surface area (Å²) in [7, 11) is 0. The number of anilines is 1. The normalized spacial score (nSPS) is 16.8. The van der Waals surface area contributed by atoms with Crippen LogP contribution in [0.5, 0.6) is 0 Å². The van der Waals surface area contributed by atoms with E-state index in [0.717, 1.165) is 33.0 Å². The number of rotatable bonds is 11. The summed E-state index contributed by atoms with van der Waals surface area (Å²) in [6.45, 7) is 0.713. The lowest BCUT2D eigenvalue weighted by Crippen LogP contribution is -2.66. The van der Waals surface area contributed by atoms with Crippen molar-refractivity contribution in [2.75, 3.05) is 25.0 Å². The number of hydrazine groups is 1. The van der Waals surface area contributed by atoms with Crippen molar-refractivity contribution in [1.82, 2.24) is 25.1 Å². The highest BCUT2D eigenvalue weighted by Crippen LogP contribution is 2.31. The molecule has 2 atom stereocenters. The third kappa shape index (κ3) is 8.04. The van der Waals surface area contributed by atoms with Gasteiger partial charge in [0.15, 0.2) is 0 Å². The maximum absolute atomic E-state index is 14.5. The minimum Gasteiger partial charge on any atom is -0.444 e. The summed E-state index contributed by atoms with van der Waals surface area (Å²) >= 11 is 0. The first-order valence-corrected chi connectivity index (χ1v) is 17.8. The van der Waals surface area contributed by atoms with Gasteiger partial charge in [0.25, 0.3) is 0 Å². The zero-order valence-electron chi connectivity index (χ0n) is 29.6. The smallest absolute Gasteiger partial charge is 0.411 e. The van der Waals surface area contributed by atoms with Crippen LogP contribution < -0.4 is 10.6 Å². The first kappa shape index (κ1) is 35.7. The third-order valence-electron chi connectivity index (χ3n) is 9.72. The van der Waals surface area contributed by atoms with E-state index >= 15 is 0 Å².